The number of amides is 2. The zero-order valence-corrected chi connectivity index (χ0v) is 12.9. The predicted molar refractivity (Wildman–Crippen MR) is 83.4 cm³/mol. The molecule has 20 heavy (non-hydrogen) atoms. The molecule has 0 aliphatic heterocycles. The Morgan fingerprint density at radius 3 is 2.50 bits per heavy atom. The molecule has 5 heteroatoms. The van der Waals surface area contributed by atoms with Gasteiger partial charge in [-0.05, 0) is 43.5 Å². The van der Waals surface area contributed by atoms with Gasteiger partial charge in [0.1, 0.15) is 0 Å². The SMILES string of the molecule is Cc1cc(NC(=O)NC(C)C(C)CO)ccc1N(C)C. The maximum Gasteiger partial charge on any atom is 0.319 e. The van der Waals surface area contributed by atoms with Crippen LogP contribution < -0.4 is 15.5 Å². The van der Waals surface area contributed by atoms with Crippen molar-refractivity contribution in [2.24, 2.45) is 5.92 Å². The van der Waals surface area contributed by atoms with E-state index in [-0.39, 0.29) is 24.6 Å². The molecular weight excluding hydrogens is 254 g/mol. The Kier molecular flexibility index (Phi) is 5.82. The molecule has 1 rings (SSSR count). The highest BCUT2D eigenvalue weighted by molar-refractivity contribution is 5.89. The molecule has 0 fully saturated rings. The van der Waals surface area contributed by atoms with E-state index in [1.54, 1.807) is 0 Å². The van der Waals surface area contributed by atoms with Crippen molar-refractivity contribution in [3.63, 3.8) is 0 Å². The molecule has 5 nitrogen and oxygen atoms in total. The van der Waals surface area contributed by atoms with Crippen LogP contribution in [-0.4, -0.2) is 37.9 Å². The number of nitrogens with zero attached hydrogens (tertiary/aromatic N) is 1. The quantitative estimate of drug-likeness (QED) is 0.774. The first-order chi connectivity index (χ1) is 9.35. The molecule has 0 aliphatic rings. The predicted octanol–water partition coefficient (Wildman–Crippen LogP) is 2.20. The lowest BCUT2D eigenvalue weighted by Crippen LogP contribution is -2.40. The summed E-state index contributed by atoms with van der Waals surface area (Å²) in [5, 5.41) is 14.7. The smallest absolute Gasteiger partial charge is 0.319 e. The molecule has 2 unspecified atom stereocenters. The standard InChI is InChI=1S/C15H25N3O2/c1-10-8-13(6-7-14(10)18(4)5)17-15(20)16-12(3)11(2)9-19/h6-8,11-12,19H,9H2,1-5H3,(H2,16,17,20). The van der Waals surface area contributed by atoms with Gasteiger partial charge in [-0.25, -0.2) is 4.79 Å². The van der Waals surface area contributed by atoms with Crippen molar-refractivity contribution < 1.29 is 9.90 Å². The van der Waals surface area contributed by atoms with Gasteiger partial charge in [0.25, 0.3) is 0 Å². The fourth-order valence-corrected chi connectivity index (χ4v) is 1.91. The van der Waals surface area contributed by atoms with Crippen molar-refractivity contribution in [3.05, 3.63) is 23.8 Å². The Balaban J connectivity index is 2.65. The van der Waals surface area contributed by atoms with Crippen molar-refractivity contribution in [1.82, 2.24) is 5.32 Å². The van der Waals surface area contributed by atoms with Gasteiger partial charge in [-0.15, -0.1) is 0 Å². The minimum Gasteiger partial charge on any atom is -0.396 e. The third-order valence-electron chi connectivity index (χ3n) is 3.44. The van der Waals surface area contributed by atoms with Gasteiger partial charge < -0.3 is 20.6 Å². The Morgan fingerprint density at radius 2 is 2.00 bits per heavy atom. The lowest BCUT2D eigenvalue weighted by Gasteiger charge is -2.20. The van der Waals surface area contributed by atoms with Crippen LogP contribution in [0.2, 0.25) is 0 Å². The first kappa shape index (κ1) is 16.3. The fraction of sp³-hybridized carbons (Fsp3) is 0.533. The Morgan fingerprint density at radius 1 is 1.35 bits per heavy atom. The normalized spacial score (nSPS) is 13.5. The van der Waals surface area contributed by atoms with E-state index in [1.165, 1.54) is 0 Å². The molecule has 1 aromatic carbocycles. The molecule has 0 spiro atoms. The van der Waals surface area contributed by atoms with E-state index in [0.29, 0.717) is 0 Å². The van der Waals surface area contributed by atoms with Crippen molar-refractivity contribution in [1.29, 1.82) is 0 Å². The number of aliphatic hydroxyl groups excluding tert-OH is 1. The Hall–Kier alpha value is -1.75. The summed E-state index contributed by atoms with van der Waals surface area (Å²) in [5.74, 6) is 0.0265. The number of aliphatic hydroxyl groups is 1. The van der Waals surface area contributed by atoms with E-state index in [2.05, 4.69) is 10.6 Å². The van der Waals surface area contributed by atoms with Gasteiger partial charge in [0.15, 0.2) is 0 Å². The van der Waals surface area contributed by atoms with Gasteiger partial charge in [-0.3, -0.25) is 0 Å². The van der Waals surface area contributed by atoms with Gasteiger partial charge in [-0.2, -0.15) is 0 Å². The average molecular weight is 279 g/mol. The molecule has 0 saturated heterocycles. The molecular formula is C15H25N3O2. The average Bonchev–Trinajstić information content (AvgIpc) is 2.37. The van der Waals surface area contributed by atoms with Gasteiger partial charge in [0, 0.05) is 38.1 Å². The first-order valence-electron chi connectivity index (χ1n) is 6.81. The number of hydrogen-bond acceptors (Lipinski definition) is 3. The molecule has 2 amide bonds. The van der Waals surface area contributed by atoms with Crippen LogP contribution >= 0.6 is 0 Å². The maximum atomic E-state index is 11.9. The summed E-state index contributed by atoms with van der Waals surface area (Å²) in [4.78, 5) is 13.9. The summed E-state index contributed by atoms with van der Waals surface area (Å²) in [7, 11) is 3.97. The van der Waals surface area contributed by atoms with E-state index in [4.69, 9.17) is 5.11 Å². The van der Waals surface area contributed by atoms with E-state index in [9.17, 15) is 4.79 Å². The minimum absolute atomic E-state index is 0.0265. The van der Waals surface area contributed by atoms with Crippen molar-refractivity contribution in [2.75, 3.05) is 30.9 Å². The molecule has 0 aromatic heterocycles. The Labute approximate surface area is 121 Å². The zero-order valence-electron chi connectivity index (χ0n) is 12.9. The number of carbonyl (C=O) groups is 1. The highest BCUT2D eigenvalue weighted by Gasteiger charge is 2.14. The highest BCUT2D eigenvalue weighted by Crippen LogP contribution is 2.21. The van der Waals surface area contributed by atoms with E-state index >= 15 is 0 Å². The van der Waals surface area contributed by atoms with Crippen LogP contribution in [0.3, 0.4) is 0 Å². The number of nitrogens with one attached hydrogen (secondary N) is 2. The summed E-state index contributed by atoms with van der Waals surface area (Å²) in [6.07, 6.45) is 0. The summed E-state index contributed by atoms with van der Waals surface area (Å²) in [6.45, 7) is 5.83. The highest BCUT2D eigenvalue weighted by atomic mass is 16.3. The van der Waals surface area contributed by atoms with Gasteiger partial charge in [0.05, 0.1) is 0 Å². The second-order valence-corrected chi connectivity index (χ2v) is 5.44. The van der Waals surface area contributed by atoms with Crippen LogP contribution in [0.5, 0.6) is 0 Å². The molecule has 0 aliphatic carbocycles. The van der Waals surface area contributed by atoms with Gasteiger partial charge in [0.2, 0.25) is 0 Å². The zero-order chi connectivity index (χ0) is 15.3. The lowest BCUT2D eigenvalue weighted by atomic mass is 10.1. The van der Waals surface area contributed by atoms with Gasteiger partial charge >= 0.3 is 6.03 Å². The van der Waals surface area contributed by atoms with Crippen LogP contribution in [0.25, 0.3) is 0 Å². The molecule has 0 heterocycles. The Bertz CT molecular complexity index is 460. The van der Waals surface area contributed by atoms with Crippen molar-refractivity contribution in [2.45, 2.75) is 26.8 Å². The third-order valence-corrected chi connectivity index (χ3v) is 3.44. The largest absolute Gasteiger partial charge is 0.396 e. The summed E-state index contributed by atoms with van der Waals surface area (Å²) in [5.41, 5.74) is 2.98. The monoisotopic (exact) mass is 279 g/mol. The van der Waals surface area contributed by atoms with E-state index in [1.807, 2.05) is 58.0 Å². The second kappa shape index (κ2) is 7.14. The van der Waals surface area contributed by atoms with Crippen LogP contribution in [0.4, 0.5) is 16.2 Å². The molecule has 2 atom stereocenters. The number of hydrogen-bond donors (Lipinski definition) is 3. The minimum atomic E-state index is -0.255. The first-order valence-corrected chi connectivity index (χ1v) is 6.81. The number of carbonyl (C=O) groups excluding carboxylic acids is 1. The lowest BCUT2D eigenvalue weighted by molar-refractivity contribution is 0.204. The summed E-state index contributed by atoms with van der Waals surface area (Å²) < 4.78 is 0. The molecule has 1 aromatic rings. The number of anilines is 2. The molecule has 3 N–H and O–H groups in total. The number of benzene rings is 1. The topological polar surface area (TPSA) is 64.6 Å². The molecule has 112 valence electrons. The van der Waals surface area contributed by atoms with Crippen LogP contribution in [0.1, 0.15) is 19.4 Å². The van der Waals surface area contributed by atoms with Crippen molar-refractivity contribution in [3.8, 4) is 0 Å². The number of rotatable bonds is 5. The maximum absolute atomic E-state index is 11.9. The number of aryl methyl sites for hydroxylation is 1. The van der Waals surface area contributed by atoms with E-state index in [0.717, 1.165) is 16.9 Å². The molecule has 0 saturated carbocycles. The summed E-state index contributed by atoms with van der Waals surface area (Å²) in [6, 6.07) is 5.46. The second-order valence-electron chi connectivity index (χ2n) is 5.44. The molecule has 0 bridgehead atoms. The van der Waals surface area contributed by atoms with Crippen LogP contribution in [-0.2, 0) is 0 Å². The summed E-state index contributed by atoms with van der Waals surface area (Å²) >= 11 is 0. The van der Waals surface area contributed by atoms with Gasteiger partial charge in [-0.1, -0.05) is 6.92 Å². The fourth-order valence-electron chi connectivity index (χ4n) is 1.91. The van der Waals surface area contributed by atoms with Crippen LogP contribution in [0.15, 0.2) is 18.2 Å². The molecule has 0 radical (unpaired) electrons. The van der Waals surface area contributed by atoms with Crippen molar-refractivity contribution >= 4 is 17.4 Å². The van der Waals surface area contributed by atoms with E-state index < -0.39 is 0 Å². The van der Waals surface area contributed by atoms with Crippen LogP contribution in [0, 0.1) is 12.8 Å². The number of urea groups is 1. The third kappa shape index (κ3) is 4.42.